The van der Waals surface area contributed by atoms with Crippen LogP contribution in [0, 0.1) is 12.3 Å². The van der Waals surface area contributed by atoms with E-state index in [2.05, 4.69) is 48.9 Å². The Labute approximate surface area is 166 Å². The van der Waals surface area contributed by atoms with Crippen molar-refractivity contribution < 1.29 is 14.2 Å². The molecule has 1 aromatic heterocycles. The lowest BCUT2D eigenvalue weighted by Gasteiger charge is -2.51. The van der Waals surface area contributed by atoms with Gasteiger partial charge < -0.3 is 14.2 Å². The van der Waals surface area contributed by atoms with Crippen molar-refractivity contribution in [2.75, 3.05) is 20.3 Å². The second-order valence-electron chi connectivity index (χ2n) is 8.59. The summed E-state index contributed by atoms with van der Waals surface area (Å²) >= 11 is 0. The molecule has 1 saturated carbocycles. The van der Waals surface area contributed by atoms with Crippen molar-refractivity contribution >= 4 is 6.08 Å². The number of fused-ring (bicyclic) bond motifs is 3. The number of hydrogen-bond acceptors (Lipinski definition) is 4. The third-order valence-electron chi connectivity index (χ3n) is 6.73. The third kappa shape index (κ3) is 2.60. The summed E-state index contributed by atoms with van der Waals surface area (Å²) in [5.74, 6) is -0.552. The van der Waals surface area contributed by atoms with Gasteiger partial charge in [0.2, 0.25) is 0 Å². The van der Waals surface area contributed by atoms with Crippen molar-refractivity contribution in [3.63, 3.8) is 0 Å². The fraction of sp³-hybridized carbons (Fsp3) is 0.522. The van der Waals surface area contributed by atoms with E-state index in [4.69, 9.17) is 19.3 Å². The molecule has 2 fully saturated rings. The molecule has 0 amide bonds. The normalized spacial score (nSPS) is 31.5. The minimum Gasteiger partial charge on any atom is -0.382 e. The summed E-state index contributed by atoms with van der Waals surface area (Å²) in [6, 6.07) is 8.54. The van der Waals surface area contributed by atoms with Crippen LogP contribution in [0.5, 0.6) is 0 Å². The minimum atomic E-state index is -0.552. The molecule has 2 heterocycles. The monoisotopic (exact) mass is 380 g/mol. The molecular formula is C23H28N2O3. The maximum absolute atomic E-state index is 6.51. The average Bonchev–Trinajstić information content (AvgIpc) is 3.27. The first kappa shape index (κ1) is 18.1. The van der Waals surface area contributed by atoms with E-state index < -0.39 is 5.79 Å². The Morgan fingerprint density at radius 2 is 2.11 bits per heavy atom. The predicted octanol–water partition coefficient (Wildman–Crippen LogP) is 4.07. The highest BCUT2D eigenvalue weighted by Crippen LogP contribution is 2.57. The molecular weight excluding hydrogens is 352 g/mol. The number of ether oxygens (including phenoxy) is 3. The number of aryl methyl sites for hydroxylation is 1. The first-order valence-electron chi connectivity index (χ1n) is 10.2. The van der Waals surface area contributed by atoms with E-state index in [1.807, 2.05) is 6.20 Å². The van der Waals surface area contributed by atoms with Gasteiger partial charge in [-0.05, 0) is 50.0 Å². The largest absolute Gasteiger partial charge is 0.382 e. The second kappa shape index (κ2) is 6.55. The zero-order chi connectivity index (χ0) is 19.4. The number of nitrogens with zero attached hydrogens (tertiary/aromatic N) is 2. The average molecular weight is 380 g/mol. The highest BCUT2D eigenvalue weighted by atomic mass is 16.8. The molecule has 1 aliphatic heterocycles. The minimum absolute atomic E-state index is 0.0119. The fourth-order valence-electron chi connectivity index (χ4n) is 5.16. The van der Waals surface area contributed by atoms with Crippen molar-refractivity contribution in [3.8, 4) is 5.69 Å². The van der Waals surface area contributed by atoms with Crippen molar-refractivity contribution in [1.82, 2.24) is 9.78 Å². The topological polar surface area (TPSA) is 45.5 Å². The van der Waals surface area contributed by atoms with Crippen LogP contribution in [0.25, 0.3) is 11.8 Å². The summed E-state index contributed by atoms with van der Waals surface area (Å²) < 4.78 is 20.3. The Kier molecular flexibility index (Phi) is 4.23. The van der Waals surface area contributed by atoms with Crippen LogP contribution in [0.1, 0.15) is 43.0 Å². The summed E-state index contributed by atoms with van der Waals surface area (Å²) in [6.07, 6.45) is 8.34. The first-order chi connectivity index (χ1) is 13.5. The van der Waals surface area contributed by atoms with Crippen molar-refractivity contribution in [2.45, 2.75) is 51.4 Å². The van der Waals surface area contributed by atoms with Gasteiger partial charge in [0.1, 0.15) is 6.10 Å². The van der Waals surface area contributed by atoms with Crippen LogP contribution in [0.3, 0.4) is 0 Å². The second-order valence-corrected chi connectivity index (χ2v) is 8.59. The summed E-state index contributed by atoms with van der Waals surface area (Å²) in [6.45, 7) is 5.59. The van der Waals surface area contributed by atoms with Crippen LogP contribution in [-0.4, -0.2) is 42.0 Å². The van der Waals surface area contributed by atoms with Crippen molar-refractivity contribution in [1.29, 1.82) is 0 Å². The molecule has 0 N–H and O–H groups in total. The molecule has 0 radical (unpaired) electrons. The smallest absolute Gasteiger partial charge is 0.178 e. The van der Waals surface area contributed by atoms with Crippen LogP contribution in [-0.2, 0) is 20.6 Å². The number of methoxy groups -OCH3 is 1. The summed E-state index contributed by atoms with van der Waals surface area (Å²) in [5.41, 5.74) is 6.06. The highest BCUT2D eigenvalue weighted by molar-refractivity contribution is 5.62. The molecule has 5 nitrogen and oxygen atoms in total. The van der Waals surface area contributed by atoms with Crippen molar-refractivity contribution in [3.05, 3.63) is 52.9 Å². The number of hydrogen-bond donors (Lipinski definition) is 0. The molecule has 1 aromatic carbocycles. The Hall–Kier alpha value is -1.95. The summed E-state index contributed by atoms with van der Waals surface area (Å²) in [7, 11) is 1.72. The van der Waals surface area contributed by atoms with Gasteiger partial charge in [-0.1, -0.05) is 30.2 Å². The zero-order valence-corrected chi connectivity index (χ0v) is 16.9. The third-order valence-corrected chi connectivity index (χ3v) is 6.73. The molecule has 2 unspecified atom stereocenters. The lowest BCUT2D eigenvalue weighted by Crippen LogP contribution is -2.53. The van der Waals surface area contributed by atoms with Crippen molar-refractivity contribution in [2.24, 2.45) is 5.41 Å². The molecule has 2 aromatic rings. The van der Waals surface area contributed by atoms with E-state index in [-0.39, 0.29) is 11.5 Å². The van der Waals surface area contributed by atoms with Gasteiger partial charge in [0, 0.05) is 18.9 Å². The molecule has 148 valence electrons. The Bertz CT molecular complexity index is 916. The van der Waals surface area contributed by atoms with Crippen LogP contribution < -0.4 is 0 Å². The fourth-order valence-corrected chi connectivity index (χ4v) is 5.16. The van der Waals surface area contributed by atoms with Gasteiger partial charge in [-0.3, -0.25) is 0 Å². The molecule has 28 heavy (non-hydrogen) atoms. The van der Waals surface area contributed by atoms with E-state index >= 15 is 0 Å². The zero-order valence-electron chi connectivity index (χ0n) is 16.9. The number of benzene rings is 1. The lowest BCUT2D eigenvalue weighted by molar-refractivity contribution is -0.244. The van der Waals surface area contributed by atoms with E-state index in [0.717, 1.165) is 31.4 Å². The molecule has 5 heteroatoms. The van der Waals surface area contributed by atoms with E-state index in [1.54, 1.807) is 7.11 Å². The summed E-state index contributed by atoms with van der Waals surface area (Å²) in [4.78, 5) is 0. The molecule has 3 atom stereocenters. The Morgan fingerprint density at radius 3 is 2.89 bits per heavy atom. The first-order valence-corrected chi connectivity index (χ1v) is 10.2. The highest BCUT2D eigenvalue weighted by Gasteiger charge is 2.59. The Balaban J connectivity index is 1.53. The predicted molar refractivity (Wildman–Crippen MR) is 107 cm³/mol. The van der Waals surface area contributed by atoms with E-state index in [1.165, 1.54) is 22.4 Å². The lowest BCUT2D eigenvalue weighted by atomic mass is 9.62. The molecule has 2 aliphatic carbocycles. The van der Waals surface area contributed by atoms with Gasteiger partial charge in [-0.25, -0.2) is 4.68 Å². The Morgan fingerprint density at radius 1 is 1.29 bits per heavy atom. The van der Waals surface area contributed by atoms with Gasteiger partial charge in [0.05, 0.1) is 30.8 Å². The molecule has 3 aliphatic rings. The molecule has 1 spiro atoms. The van der Waals surface area contributed by atoms with E-state index in [0.29, 0.717) is 13.2 Å². The van der Waals surface area contributed by atoms with Gasteiger partial charge in [0.25, 0.3) is 0 Å². The SMILES string of the molecule is COCC1COC2(CCCC3=Cc4c(cnn4-c4ccc(C)cc4)C[C@@]32C)O1. The van der Waals surface area contributed by atoms with Gasteiger partial charge in [0.15, 0.2) is 5.79 Å². The molecule has 5 rings (SSSR count). The van der Waals surface area contributed by atoms with Crippen LogP contribution in [0.2, 0.25) is 0 Å². The van der Waals surface area contributed by atoms with Crippen LogP contribution in [0.4, 0.5) is 0 Å². The quantitative estimate of drug-likeness (QED) is 0.805. The van der Waals surface area contributed by atoms with Gasteiger partial charge in [-0.2, -0.15) is 5.10 Å². The molecule has 1 saturated heterocycles. The van der Waals surface area contributed by atoms with Gasteiger partial charge >= 0.3 is 0 Å². The number of rotatable bonds is 3. The summed E-state index contributed by atoms with van der Waals surface area (Å²) in [5, 5.41) is 4.72. The standard InChI is InChI=1S/C23H28N2O3/c1-16-6-8-19(9-7-16)25-21-11-18-5-4-10-23(27-15-20(28-23)14-26-3)22(18,2)12-17(21)13-24-25/h6-9,11,13,20H,4-5,10,12,14-15H2,1-3H3/t20?,22-,23?/m0/s1. The van der Waals surface area contributed by atoms with Gasteiger partial charge in [-0.15, -0.1) is 0 Å². The van der Waals surface area contributed by atoms with Crippen LogP contribution in [0.15, 0.2) is 36.0 Å². The van der Waals surface area contributed by atoms with E-state index in [9.17, 15) is 0 Å². The maximum atomic E-state index is 6.51. The number of aromatic nitrogens is 2. The molecule has 0 bridgehead atoms. The van der Waals surface area contributed by atoms with Crippen LogP contribution >= 0.6 is 0 Å². The maximum Gasteiger partial charge on any atom is 0.178 e.